The molecule has 0 radical (unpaired) electrons. The van der Waals surface area contributed by atoms with Crippen LogP contribution in [0.5, 0.6) is 5.75 Å². The van der Waals surface area contributed by atoms with Crippen LogP contribution in [0.4, 0.5) is 0 Å². The highest BCUT2D eigenvalue weighted by atomic mass is 16.5. The summed E-state index contributed by atoms with van der Waals surface area (Å²) in [6, 6.07) is 14.2. The Morgan fingerprint density at radius 2 is 1.72 bits per heavy atom. The van der Waals surface area contributed by atoms with E-state index in [2.05, 4.69) is 58.1 Å². The van der Waals surface area contributed by atoms with E-state index >= 15 is 0 Å². The molecule has 3 nitrogen and oxygen atoms in total. The zero-order valence-electron chi connectivity index (χ0n) is 16.1. The van der Waals surface area contributed by atoms with Gasteiger partial charge >= 0.3 is 0 Å². The number of hydrogen-bond acceptors (Lipinski definition) is 2. The van der Waals surface area contributed by atoms with Crippen molar-refractivity contribution in [1.82, 2.24) is 5.32 Å². The molecule has 0 aliphatic carbocycles. The minimum atomic E-state index is -0.117. The summed E-state index contributed by atoms with van der Waals surface area (Å²) in [7, 11) is 0. The van der Waals surface area contributed by atoms with E-state index in [0.717, 1.165) is 5.56 Å². The molecule has 0 aliphatic rings. The Bertz CT molecular complexity index is 727. The van der Waals surface area contributed by atoms with Gasteiger partial charge in [0.05, 0.1) is 6.04 Å². The first kappa shape index (κ1) is 19.0. The summed E-state index contributed by atoms with van der Waals surface area (Å²) in [5.74, 6) is 0.593. The van der Waals surface area contributed by atoms with Crippen LogP contribution in [-0.4, -0.2) is 12.5 Å². The number of aryl methyl sites for hydroxylation is 2. The lowest BCUT2D eigenvalue weighted by atomic mass is 9.87. The molecule has 25 heavy (non-hydrogen) atoms. The van der Waals surface area contributed by atoms with Crippen molar-refractivity contribution in [2.75, 3.05) is 6.61 Å². The van der Waals surface area contributed by atoms with E-state index in [-0.39, 0.29) is 24.0 Å². The molecule has 1 amide bonds. The zero-order chi connectivity index (χ0) is 18.6. The molecule has 3 heteroatoms. The fourth-order valence-corrected chi connectivity index (χ4v) is 2.79. The Balaban J connectivity index is 1.91. The van der Waals surface area contributed by atoms with Gasteiger partial charge in [0.25, 0.3) is 5.91 Å². The van der Waals surface area contributed by atoms with Crippen molar-refractivity contribution in [2.45, 2.75) is 53.0 Å². The summed E-state index contributed by atoms with van der Waals surface area (Å²) in [5, 5.41) is 3.01. The van der Waals surface area contributed by atoms with Crippen LogP contribution in [-0.2, 0) is 10.2 Å². The SMILES string of the molecule is Cc1ccc(C)c([C@@H](C)NC(=O)COc2ccc(C(C)(C)C)cc2)c1. The van der Waals surface area contributed by atoms with Crippen LogP contribution in [0.25, 0.3) is 0 Å². The molecule has 0 saturated carbocycles. The molecule has 2 aromatic carbocycles. The van der Waals surface area contributed by atoms with Crippen molar-refractivity contribution < 1.29 is 9.53 Å². The number of nitrogens with one attached hydrogen (secondary N) is 1. The summed E-state index contributed by atoms with van der Waals surface area (Å²) >= 11 is 0. The predicted octanol–water partition coefficient (Wildman–Crippen LogP) is 4.86. The fraction of sp³-hybridized carbons (Fsp3) is 0.409. The molecule has 1 atom stereocenters. The van der Waals surface area contributed by atoms with Gasteiger partial charge in [-0.2, -0.15) is 0 Å². The first-order valence-corrected chi connectivity index (χ1v) is 8.76. The molecule has 0 aliphatic heterocycles. The second-order valence-corrected chi connectivity index (χ2v) is 7.71. The Morgan fingerprint density at radius 3 is 2.32 bits per heavy atom. The van der Waals surface area contributed by atoms with E-state index in [4.69, 9.17) is 4.74 Å². The third-order valence-electron chi connectivity index (χ3n) is 4.37. The Morgan fingerprint density at radius 1 is 1.08 bits per heavy atom. The van der Waals surface area contributed by atoms with Gasteiger partial charge in [-0.3, -0.25) is 4.79 Å². The molecule has 2 aromatic rings. The molecule has 1 N–H and O–H groups in total. The fourth-order valence-electron chi connectivity index (χ4n) is 2.79. The van der Waals surface area contributed by atoms with Crippen LogP contribution in [0.3, 0.4) is 0 Å². The summed E-state index contributed by atoms with van der Waals surface area (Å²) in [5.41, 5.74) is 4.86. The maximum absolute atomic E-state index is 12.2. The Labute approximate surface area is 151 Å². The van der Waals surface area contributed by atoms with Gasteiger partial charge in [0.2, 0.25) is 0 Å². The molecular formula is C22H29NO2. The lowest BCUT2D eigenvalue weighted by molar-refractivity contribution is -0.123. The third-order valence-corrected chi connectivity index (χ3v) is 4.37. The first-order valence-electron chi connectivity index (χ1n) is 8.76. The predicted molar refractivity (Wildman–Crippen MR) is 103 cm³/mol. The average molecular weight is 339 g/mol. The van der Waals surface area contributed by atoms with E-state index < -0.39 is 0 Å². The van der Waals surface area contributed by atoms with Crippen molar-refractivity contribution >= 4 is 5.91 Å². The van der Waals surface area contributed by atoms with Crippen molar-refractivity contribution in [2.24, 2.45) is 0 Å². The van der Waals surface area contributed by atoms with Crippen LogP contribution in [0.15, 0.2) is 42.5 Å². The van der Waals surface area contributed by atoms with E-state index in [1.54, 1.807) is 0 Å². The van der Waals surface area contributed by atoms with Gasteiger partial charge in [-0.1, -0.05) is 56.7 Å². The van der Waals surface area contributed by atoms with Gasteiger partial charge in [-0.05, 0) is 55.0 Å². The molecule has 0 bridgehead atoms. The smallest absolute Gasteiger partial charge is 0.258 e. The summed E-state index contributed by atoms with van der Waals surface area (Å²) in [6.45, 7) is 12.6. The van der Waals surface area contributed by atoms with Crippen LogP contribution in [0.1, 0.15) is 56.0 Å². The van der Waals surface area contributed by atoms with Crippen LogP contribution in [0, 0.1) is 13.8 Å². The highest BCUT2D eigenvalue weighted by molar-refractivity contribution is 5.78. The molecule has 134 valence electrons. The number of carbonyl (C=O) groups is 1. The number of rotatable bonds is 5. The minimum absolute atomic E-state index is 0.0179. The molecule has 0 saturated heterocycles. The molecule has 2 rings (SSSR count). The third kappa shape index (κ3) is 5.35. The van der Waals surface area contributed by atoms with Crippen molar-refractivity contribution in [3.63, 3.8) is 0 Å². The molecule has 0 aromatic heterocycles. The second-order valence-electron chi connectivity index (χ2n) is 7.71. The zero-order valence-corrected chi connectivity index (χ0v) is 16.1. The minimum Gasteiger partial charge on any atom is -0.484 e. The Hall–Kier alpha value is -2.29. The quantitative estimate of drug-likeness (QED) is 0.845. The molecule has 0 unspecified atom stereocenters. The van der Waals surface area contributed by atoms with E-state index in [1.807, 2.05) is 31.2 Å². The molecule has 0 heterocycles. The highest BCUT2D eigenvalue weighted by Crippen LogP contribution is 2.24. The van der Waals surface area contributed by atoms with Gasteiger partial charge in [-0.15, -0.1) is 0 Å². The Kier molecular flexibility index (Phi) is 5.89. The maximum atomic E-state index is 12.2. The van der Waals surface area contributed by atoms with Crippen LogP contribution in [0.2, 0.25) is 0 Å². The largest absolute Gasteiger partial charge is 0.484 e. The number of benzene rings is 2. The van der Waals surface area contributed by atoms with Crippen LogP contribution < -0.4 is 10.1 Å². The number of amides is 1. The number of carbonyl (C=O) groups excluding carboxylic acids is 1. The monoisotopic (exact) mass is 339 g/mol. The lowest BCUT2D eigenvalue weighted by Crippen LogP contribution is -2.31. The molecule has 0 spiro atoms. The van der Waals surface area contributed by atoms with Crippen molar-refractivity contribution in [3.05, 3.63) is 64.7 Å². The van der Waals surface area contributed by atoms with E-state index in [9.17, 15) is 4.79 Å². The van der Waals surface area contributed by atoms with E-state index in [1.165, 1.54) is 16.7 Å². The van der Waals surface area contributed by atoms with Crippen LogP contribution >= 0.6 is 0 Å². The summed E-state index contributed by atoms with van der Waals surface area (Å²) in [4.78, 5) is 12.2. The highest BCUT2D eigenvalue weighted by Gasteiger charge is 2.14. The lowest BCUT2D eigenvalue weighted by Gasteiger charge is -2.19. The van der Waals surface area contributed by atoms with E-state index in [0.29, 0.717) is 5.75 Å². The van der Waals surface area contributed by atoms with Gasteiger partial charge in [-0.25, -0.2) is 0 Å². The van der Waals surface area contributed by atoms with Gasteiger partial charge in [0.15, 0.2) is 6.61 Å². The number of ether oxygens (including phenoxy) is 1. The molecular weight excluding hydrogens is 310 g/mol. The number of hydrogen-bond donors (Lipinski definition) is 1. The summed E-state index contributed by atoms with van der Waals surface area (Å²) in [6.07, 6.45) is 0. The maximum Gasteiger partial charge on any atom is 0.258 e. The van der Waals surface area contributed by atoms with Gasteiger partial charge in [0, 0.05) is 0 Å². The standard InChI is InChI=1S/C22H29NO2/c1-15-7-8-16(2)20(13-15)17(3)23-21(24)14-25-19-11-9-18(10-12-19)22(4,5)6/h7-13,17H,14H2,1-6H3,(H,23,24)/t17-/m1/s1. The average Bonchev–Trinajstić information content (AvgIpc) is 2.54. The van der Waals surface area contributed by atoms with Gasteiger partial charge < -0.3 is 10.1 Å². The topological polar surface area (TPSA) is 38.3 Å². The van der Waals surface area contributed by atoms with Crippen molar-refractivity contribution in [1.29, 1.82) is 0 Å². The normalized spacial score (nSPS) is 12.6. The summed E-state index contributed by atoms with van der Waals surface area (Å²) < 4.78 is 5.61. The first-order chi connectivity index (χ1) is 11.7. The van der Waals surface area contributed by atoms with Gasteiger partial charge in [0.1, 0.15) is 5.75 Å². The second kappa shape index (κ2) is 7.73. The van der Waals surface area contributed by atoms with Crippen molar-refractivity contribution in [3.8, 4) is 5.75 Å². The molecule has 0 fully saturated rings.